The summed E-state index contributed by atoms with van der Waals surface area (Å²) in [6, 6.07) is 10.7. The van der Waals surface area contributed by atoms with E-state index in [4.69, 9.17) is 0 Å². The van der Waals surface area contributed by atoms with E-state index in [1.54, 1.807) is 5.57 Å². The van der Waals surface area contributed by atoms with Crippen LogP contribution in [0.5, 0.6) is 0 Å². The Labute approximate surface area is 81.1 Å². The summed E-state index contributed by atoms with van der Waals surface area (Å²) in [5.74, 6) is 0. The van der Waals surface area contributed by atoms with Crippen LogP contribution in [0, 0.1) is 0 Å². The summed E-state index contributed by atoms with van der Waals surface area (Å²) in [4.78, 5) is 0. The van der Waals surface area contributed by atoms with Gasteiger partial charge in [-0.25, -0.2) is 0 Å². The van der Waals surface area contributed by atoms with Gasteiger partial charge in [0.25, 0.3) is 0 Å². The molecule has 0 amide bonds. The van der Waals surface area contributed by atoms with Crippen molar-refractivity contribution in [2.75, 3.05) is 6.16 Å². The highest BCUT2D eigenvalue weighted by atomic mass is 31.1. The van der Waals surface area contributed by atoms with Gasteiger partial charge in [-0.1, -0.05) is 44.1 Å². The Balaban J connectivity index is 2.40. The van der Waals surface area contributed by atoms with Crippen molar-refractivity contribution >= 4 is 13.5 Å². The molecule has 1 aromatic carbocycles. The molecule has 0 aromatic heterocycles. The molecule has 0 N–H and O–H groups in total. The van der Waals surface area contributed by atoms with Gasteiger partial charge in [-0.15, -0.1) is 0 Å². The van der Waals surface area contributed by atoms with Crippen molar-refractivity contribution in [3.63, 3.8) is 0 Å². The maximum atomic E-state index is 2.23. The second kappa shape index (κ2) is 3.47. The minimum Gasteiger partial charge on any atom is -0.0912 e. The SMILES string of the molecule is CC1=C(C)C(c2ccccc2)=PC1. The first kappa shape index (κ1) is 8.72. The van der Waals surface area contributed by atoms with Crippen molar-refractivity contribution in [1.29, 1.82) is 0 Å². The Morgan fingerprint density at radius 3 is 2.31 bits per heavy atom. The van der Waals surface area contributed by atoms with Gasteiger partial charge in [-0.05, 0) is 25.0 Å². The summed E-state index contributed by atoms with van der Waals surface area (Å²) in [7, 11) is 1.47. The minimum atomic E-state index is 1.22. The van der Waals surface area contributed by atoms with Gasteiger partial charge in [0.05, 0.1) is 0 Å². The summed E-state index contributed by atoms with van der Waals surface area (Å²) >= 11 is 0. The molecule has 1 aliphatic rings. The average Bonchev–Trinajstić information content (AvgIpc) is 2.49. The Hall–Kier alpha value is -0.870. The van der Waals surface area contributed by atoms with Crippen LogP contribution < -0.4 is 0 Å². The van der Waals surface area contributed by atoms with Crippen LogP contribution in [0.25, 0.3) is 0 Å². The summed E-state index contributed by atoms with van der Waals surface area (Å²) in [6.45, 7) is 4.47. The molecule has 0 fully saturated rings. The van der Waals surface area contributed by atoms with Crippen molar-refractivity contribution in [3.8, 4) is 0 Å². The number of benzene rings is 1. The highest BCUT2D eigenvalue weighted by Crippen LogP contribution is 2.27. The van der Waals surface area contributed by atoms with Gasteiger partial charge in [0.1, 0.15) is 0 Å². The molecule has 2 rings (SSSR count). The Morgan fingerprint density at radius 2 is 1.77 bits per heavy atom. The maximum absolute atomic E-state index is 2.23. The van der Waals surface area contributed by atoms with E-state index in [0.29, 0.717) is 0 Å². The molecule has 1 aliphatic heterocycles. The average molecular weight is 188 g/mol. The molecular formula is C12H13P. The molecule has 0 saturated heterocycles. The van der Waals surface area contributed by atoms with Gasteiger partial charge < -0.3 is 0 Å². The molecular weight excluding hydrogens is 175 g/mol. The van der Waals surface area contributed by atoms with Crippen LogP contribution in [0.1, 0.15) is 19.4 Å². The molecule has 0 unspecified atom stereocenters. The van der Waals surface area contributed by atoms with E-state index in [-0.39, 0.29) is 0 Å². The fraction of sp³-hybridized carbons (Fsp3) is 0.250. The molecule has 0 saturated carbocycles. The maximum Gasteiger partial charge on any atom is 0.0114 e. The van der Waals surface area contributed by atoms with Crippen LogP contribution in [-0.4, -0.2) is 11.5 Å². The van der Waals surface area contributed by atoms with E-state index >= 15 is 0 Å². The van der Waals surface area contributed by atoms with Crippen molar-refractivity contribution in [2.45, 2.75) is 13.8 Å². The van der Waals surface area contributed by atoms with E-state index in [2.05, 4.69) is 44.2 Å². The Bertz CT molecular complexity index is 371. The lowest BCUT2D eigenvalue weighted by Crippen LogP contribution is -1.97. The van der Waals surface area contributed by atoms with Crippen LogP contribution in [0.2, 0.25) is 0 Å². The van der Waals surface area contributed by atoms with E-state index in [0.717, 1.165) is 0 Å². The lowest BCUT2D eigenvalue weighted by Gasteiger charge is -2.03. The van der Waals surface area contributed by atoms with Crippen molar-refractivity contribution in [1.82, 2.24) is 0 Å². The van der Waals surface area contributed by atoms with Gasteiger partial charge in [0, 0.05) is 11.5 Å². The summed E-state index contributed by atoms with van der Waals surface area (Å²) in [5.41, 5.74) is 4.42. The van der Waals surface area contributed by atoms with Gasteiger partial charge in [-0.3, -0.25) is 0 Å². The van der Waals surface area contributed by atoms with Gasteiger partial charge in [0.15, 0.2) is 0 Å². The van der Waals surface area contributed by atoms with Crippen molar-refractivity contribution < 1.29 is 0 Å². The molecule has 1 heterocycles. The van der Waals surface area contributed by atoms with E-state index in [1.165, 1.54) is 30.8 Å². The minimum absolute atomic E-state index is 1.22. The third-order valence-electron chi connectivity index (χ3n) is 2.52. The standard InChI is InChI=1S/C12H13P/c1-9-8-13-12(10(9)2)11-6-4-3-5-7-11/h3-7H,8H2,1-2H3. The first-order valence-corrected chi connectivity index (χ1v) is 5.63. The summed E-state index contributed by atoms with van der Waals surface area (Å²) in [5, 5.41) is 1.51. The van der Waals surface area contributed by atoms with Crippen LogP contribution in [0.15, 0.2) is 41.5 Å². The van der Waals surface area contributed by atoms with Gasteiger partial charge in [0.2, 0.25) is 0 Å². The fourth-order valence-corrected chi connectivity index (χ4v) is 2.93. The third-order valence-corrected chi connectivity index (χ3v) is 4.06. The van der Waals surface area contributed by atoms with Crippen molar-refractivity contribution in [3.05, 3.63) is 47.0 Å². The highest BCUT2D eigenvalue weighted by molar-refractivity contribution is 7.43. The van der Waals surface area contributed by atoms with E-state index in [1.807, 2.05) is 0 Å². The van der Waals surface area contributed by atoms with Crippen LogP contribution >= 0.6 is 8.20 Å². The zero-order chi connectivity index (χ0) is 9.26. The molecule has 0 radical (unpaired) electrons. The van der Waals surface area contributed by atoms with E-state index < -0.39 is 0 Å². The largest absolute Gasteiger partial charge is 0.0912 e. The molecule has 0 bridgehead atoms. The first-order valence-electron chi connectivity index (χ1n) is 4.55. The number of hydrogen-bond acceptors (Lipinski definition) is 0. The Morgan fingerprint density at radius 1 is 1.08 bits per heavy atom. The normalized spacial score (nSPS) is 17.5. The van der Waals surface area contributed by atoms with E-state index in [9.17, 15) is 0 Å². The number of hydrogen-bond donors (Lipinski definition) is 0. The van der Waals surface area contributed by atoms with Gasteiger partial charge in [-0.2, -0.15) is 0 Å². The topological polar surface area (TPSA) is 0 Å². The zero-order valence-corrected chi connectivity index (χ0v) is 8.94. The molecule has 0 nitrogen and oxygen atoms in total. The molecule has 0 spiro atoms. The van der Waals surface area contributed by atoms with Crippen LogP contribution in [0.4, 0.5) is 0 Å². The fourth-order valence-electron chi connectivity index (χ4n) is 1.54. The Kier molecular flexibility index (Phi) is 2.33. The summed E-state index contributed by atoms with van der Waals surface area (Å²) in [6.07, 6.45) is 1.22. The lowest BCUT2D eigenvalue weighted by atomic mass is 10.0. The zero-order valence-electron chi connectivity index (χ0n) is 8.04. The molecule has 66 valence electrons. The predicted octanol–water partition coefficient (Wildman–Crippen LogP) is 3.50. The van der Waals surface area contributed by atoms with Crippen LogP contribution in [0.3, 0.4) is 0 Å². The molecule has 0 atom stereocenters. The van der Waals surface area contributed by atoms with Gasteiger partial charge >= 0.3 is 0 Å². The third kappa shape index (κ3) is 1.59. The molecule has 1 aromatic rings. The quantitative estimate of drug-likeness (QED) is 0.591. The predicted molar refractivity (Wildman–Crippen MR) is 60.7 cm³/mol. The molecule has 0 aliphatic carbocycles. The highest BCUT2D eigenvalue weighted by Gasteiger charge is 2.11. The van der Waals surface area contributed by atoms with Crippen LogP contribution in [-0.2, 0) is 0 Å². The second-order valence-electron chi connectivity index (χ2n) is 3.44. The monoisotopic (exact) mass is 188 g/mol. The second-order valence-corrected chi connectivity index (χ2v) is 4.52. The lowest BCUT2D eigenvalue weighted by molar-refractivity contribution is 1.35. The smallest absolute Gasteiger partial charge is 0.0114 e. The molecule has 13 heavy (non-hydrogen) atoms. The number of rotatable bonds is 1. The molecule has 1 heteroatoms. The summed E-state index contributed by atoms with van der Waals surface area (Å²) < 4.78 is 0. The van der Waals surface area contributed by atoms with Crippen molar-refractivity contribution in [2.24, 2.45) is 0 Å². The number of allylic oxidation sites excluding steroid dienone is 2. The first-order chi connectivity index (χ1) is 6.29.